The summed E-state index contributed by atoms with van der Waals surface area (Å²) >= 11 is 9.60. The summed E-state index contributed by atoms with van der Waals surface area (Å²) in [5.74, 6) is 0. The number of rotatable bonds is 3. The Balaban J connectivity index is 2.33. The van der Waals surface area contributed by atoms with Crippen LogP contribution in [0.2, 0.25) is 5.02 Å². The van der Waals surface area contributed by atoms with Crippen molar-refractivity contribution in [2.24, 2.45) is 0 Å². The van der Waals surface area contributed by atoms with Crippen LogP contribution in [0.3, 0.4) is 0 Å². The SMILES string of the molecule is Cc1cc(C)c(C(C)Nc2cc(Cl)ccc2Br)c(C)n1. The van der Waals surface area contributed by atoms with Crippen LogP contribution in [0.25, 0.3) is 0 Å². The minimum absolute atomic E-state index is 0.165. The zero-order valence-electron chi connectivity index (χ0n) is 12.1. The number of anilines is 1. The van der Waals surface area contributed by atoms with E-state index in [0.29, 0.717) is 0 Å². The smallest absolute Gasteiger partial charge is 0.0506 e. The van der Waals surface area contributed by atoms with Crippen LogP contribution >= 0.6 is 27.5 Å². The van der Waals surface area contributed by atoms with Gasteiger partial charge in [-0.25, -0.2) is 0 Å². The number of aromatic nitrogens is 1. The quantitative estimate of drug-likeness (QED) is 0.777. The molecule has 2 nitrogen and oxygen atoms in total. The largest absolute Gasteiger partial charge is 0.377 e. The third-order valence-electron chi connectivity index (χ3n) is 3.32. The molecule has 106 valence electrons. The monoisotopic (exact) mass is 352 g/mol. The van der Waals surface area contributed by atoms with Gasteiger partial charge in [0.25, 0.3) is 0 Å². The molecule has 1 aromatic heterocycles. The van der Waals surface area contributed by atoms with Gasteiger partial charge in [-0.2, -0.15) is 0 Å². The highest BCUT2D eigenvalue weighted by atomic mass is 79.9. The second-order valence-corrected chi connectivity index (χ2v) is 6.36. The number of pyridine rings is 1. The van der Waals surface area contributed by atoms with Crippen molar-refractivity contribution in [1.82, 2.24) is 4.98 Å². The minimum atomic E-state index is 0.165. The lowest BCUT2D eigenvalue weighted by molar-refractivity contribution is 0.842. The lowest BCUT2D eigenvalue weighted by Gasteiger charge is -2.21. The Bertz CT molecular complexity index is 617. The summed E-state index contributed by atoms with van der Waals surface area (Å²) in [6.45, 7) is 8.35. The average molecular weight is 354 g/mol. The maximum absolute atomic E-state index is 6.06. The molecular weight excluding hydrogens is 336 g/mol. The highest BCUT2D eigenvalue weighted by Crippen LogP contribution is 2.31. The highest BCUT2D eigenvalue weighted by Gasteiger charge is 2.14. The maximum Gasteiger partial charge on any atom is 0.0506 e. The molecule has 0 aliphatic rings. The van der Waals surface area contributed by atoms with Gasteiger partial charge in [0.2, 0.25) is 0 Å². The lowest BCUT2D eigenvalue weighted by Crippen LogP contribution is -2.12. The van der Waals surface area contributed by atoms with Gasteiger partial charge in [0.05, 0.1) is 11.7 Å². The molecule has 2 aromatic rings. The lowest BCUT2D eigenvalue weighted by atomic mass is 10.00. The number of aryl methyl sites for hydroxylation is 3. The van der Waals surface area contributed by atoms with Gasteiger partial charge < -0.3 is 5.32 Å². The molecule has 0 aliphatic heterocycles. The molecule has 0 spiro atoms. The maximum atomic E-state index is 6.06. The molecule has 1 N–H and O–H groups in total. The Kier molecular flexibility index (Phi) is 4.71. The summed E-state index contributed by atoms with van der Waals surface area (Å²) in [5.41, 5.74) is 5.61. The van der Waals surface area contributed by atoms with Gasteiger partial charge in [0.1, 0.15) is 0 Å². The van der Waals surface area contributed by atoms with Crippen LogP contribution in [0.4, 0.5) is 5.69 Å². The zero-order chi connectivity index (χ0) is 14.9. The Labute approximate surface area is 133 Å². The van der Waals surface area contributed by atoms with E-state index in [1.165, 1.54) is 11.1 Å². The fourth-order valence-corrected chi connectivity index (χ4v) is 3.14. The Morgan fingerprint density at radius 3 is 2.55 bits per heavy atom. The van der Waals surface area contributed by atoms with Crippen molar-refractivity contribution < 1.29 is 0 Å². The van der Waals surface area contributed by atoms with Gasteiger partial charge in [0.15, 0.2) is 0 Å². The molecular formula is C16H18BrClN2. The first-order valence-electron chi connectivity index (χ1n) is 6.55. The first-order valence-corrected chi connectivity index (χ1v) is 7.72. The van der Waals surface area contributed by atoms with Crippen molar-refractivity contribution in [3.8, 4) is 0 Å². The van der Waals surface area contributed by atoms with Crippen molar-refractivity contribution in [3.05, 3.63) is 56.3 Å². The molecule has 0 amide bonds. The fraction of sp³-hybridized carbons (Fsp3) is 0.312. The molecule has 0 saturated heterocycles. The summed E-state index contributed by atoms with van der Waals surface area (Å²) in [6.07, 6.45) is 0. The van der Waals surface area contributed by atoms with Gasteiger partial charge >= 0.3 is 0 Å². The Morgan fingerprint density at radius 2 is 1.90 bits per heavy atom. The van der Waals surface area contributed by atoms with E-state index in [0.717, 1.165) is 26.6 Å². The average Bonchev–Trinajstić information content (AvgIpc) is 2.32. The molecule has 0 bridgehead atoms. The van der Waals surface area contributed by atoms with Crippen molar-refractivity contribution in [2.75, 3.05) is 5.32 Å². The number of halogens is 2. The van der Waals surface area contributed by atoms with Crippen molar-refractivity contribution >= 4 is 33.2 Å². The minimum Gasteiger partial charge on any atom is -0.377 e. The Morgan fingerprint density at radius 1 is 1.20 bits per heavy atom. The molecule has 0 aliphatic carbocycles. The molecule has 20 heavy (non-hydrogen) atoms. The van der Waals surface area contributed by atoms with Crippen LogP contribution in [0.15, 0.2) is 28.7 Å². The normalized spacial score (nSPS) is 12.3. The van der Waals surface area contributed by atoms with Crippen molar-refractivity contribution in [1.29, 1.82) is 0 Å². The third kappa shape index (κ3) is 3.33. The van der Waals surface area contributed by atoms with Crippen molar-refractivity contribution in [3.63, 3.8) is 0 Å². The standard InChI is InChI=1S/C16H18BrClN2/c1-9-7-10(2)19-11(3)16(9)12(4)20-15-8-13(18)5-6-14(15)17/h5-8,12,20H,1-4H3. The van der Waals surface area contributed by atoms with Crippen LogP contribution in [0.1, 0.15) is 35.5 Å². The highest BCUT2D eigenvalue weighted by molar-refractivity contribution is 9.10. The predicted octanol–water partition coefficient (Wildman–Crippen LogP) is 5.60. The van der Waals surface area contributed by atoms with E-state index in [4.69, 9.17) is 11.6 Å². The van der Waals surface area contributed by atoms with E-state index < -0.39 is 0 Å². The van der Waals surface area contributed by atoms with E-state index in [9.17, 15) is 0 Å². The number of nitrogens with one attached hydrogen (secondary N) is 1. The summed E-state index contributed by atoms with van der Waals surface area (Å²) in [4.78, 5) is 4.56. The van der Waals surface area contributed by atoms with Crippen LogP contribution < -0.4 is 5.32 Å². The van der Waals surface area contributed by atoms with E-state index in [-0.39, 0.29) is 6.04 Å². The molecule has 1 heterocycles. The van der Waals surface area contributed by atoms with Crippen LogP contribution in [0.5, 0.6) is 0 Å². The molecule has 2 rings (SSSR count). The predicted molar refractivity (Wildman–Crippen MR) is 89.6 cm³/mol. The fourth-order valence-electron chi connectivity index (χ4n) is 2.60. The zero-order valence-corrected chi connectivity index (χ0v) is 14.4. The first kappa shape index (κ1) is 15.3. The second kappa shape index (κ2) is 6.15. The topological polar surface area (TPSA) is 24.9 Å². The Hall–Kier alpha value is -1.06. The van der Waals surface area contributed by atoms with Crippen LogP contribution in [0, 0.1) is 20.8 Å². The van der Waals surface area contributed by atoms with E-state index in [2.05, 4.69) is 53.1 Å². The van der Waals surface area contributed by atoms with E-state index >= 15 is 0 Å². The number of hydrogen-bond donors (Lipinski definition) is 1. The number of benzene rings is 1. The molecule has 0 saturated carbocycles. The molecule has 0 fully saturated rings. The van der Waals surface area contributed by atoms with Crippen LogP contribution in [-0.2, 0) is 0 Å². The molecule has 1 aromatic carbocycles. The van der Waals surface area contributed by atoms with Crippen molar-refractivity contribution in [2.45, 2.75) is 33.7 Å². The number of hydrogen-bond acceptors (Lipinski definition) is 2. The third-order valence-corrected chi connectivity index (χ3v) is 4.24. The van der Waals surface area contributed by atoms with E-state index in [1.807, 2.05) is 25.1 Å². The van der Waals surface area contributed by atoms with Gasteiger partial charge in [0, 0.05) is 20.9 Å². The van der Waals surface area contributed by atoms with Gasteiger partial charge in [-0.3, -0.25) is 4.98 Å². The second-order valence-electron chi connectivity index (χ2n) is 5.07. The molecule has 4 heteroatoms. The van der Waals surface area contributed by atoms with Gasteiger partial charge in [-0.15, -0.1) is 0 Å². The molecule has 1 unspecified atom stereocenters. The molecule has 0 radical (unpaired) electrons. The van der Waals surface area contributed by atoms with Crippen LogP contribution in [-0.4, -0.2) is 4.98 Å². The number of nitrogens with zero attached hydrogens (tertiary/aromatic N) is 1. The summed E-state index contributed by atoms with van der Waals surface area (Å²) in [7, 11) is 0. The summed E-state index contributed by atoms with van der Waals surface area (Å²) in [6, 6.07) is 8.02. The first-order chi connectivity index (χ1) is 9.38. The van der Waals surface area contributed by atoms with E-state index in [1.54, 1.807) is 0 Å². The van der Waals surface area contributed by atoms with Gasteiger partial charge in [-0.1, -0.05) is 11.6 Å². The summed E-state index contributed by atoms with van der Waals surface area (Å²) < 4.78 is 1.00. The summed E-state index contributed by atoms with van der Waals surface area (Å²) in [5, 5.41) is 4.22. The van der Waals surface area contributed by atoms with Gasteiger partial charge in [-0.05, 0) is 79.0 Å². The molecule has 1 atom stereocenters.